The maximum atomic E-state index is 14.4. The van der Waals surface area contributed by atoms with Crippen molar-refractivity contribution in [1.82, 2.24) is 44.4 Å². The standard InChI is InChI=1S/C44H49F2N11O5/c1-53-40-27(4-2-6-32(40)38(51-53)33-11-12-37(58)50-43(33)59)5-3-19-61-30-13-16-54(17-14-30)22-26-7-9-28(10-8-26)57-24-35(39(52-57)41(45)46)48-44(60)34-21-47-56-18-15-36(49-42(34)56)55-23-31-20-29(55)25-62-31/h2,4,6,15,18,21,24,26,28-31,33,41H,7-14,16-17,19-20,22-23,25H2,1H3,(H,48,60)(H,50,58,59)/t26?,28?,29-,31-,33?/m0/s1/i16D2,17D2,19D2,30D. The first kappa shape index (κ1) is 32.9. The largest absolute Gasteiger partial charge is 0.374 e. The monoisotopic (exact) mass is 856 g/mol. The number of carbonyl (C=O) groups is 3. The number of rotatable bonds is 10. The van der Waals surface area contributed by atoms with E-state index in [1.165, 1.54) is 26.3 Å². The van der Waals surface area contributed by atoms with Gasteiger partial charge < -0.3 is 24.6 Å². The van der Waals surface area contributed by atoms with Gasteiger partial charge in [0.2, 0.25) is 11.8 Å². The highest BCUT2D eigenvalue weighted by atomic mass is 19.3. The van der Waals surface area contributed by atoms with Crippen LogP contribution in [0.25, 0.3) is 16.6 Å². The van der Waals surface area contributed by atoms with Crippen molar-refractivity contribution in [1.29, 1.82) is 0 Å². The molecule has 3 amide bonds. The van der Waals surface area contributed by atoms with E-state index in [0.29, 0.717) is 66.8 Å². The number of anilines is 2. The molecule has 10 rings (SSSR count). The summed E-state index contributed by atoms with van der Waals surface area (Å²) in [5.74, 6) is 3.44. The minimum absolute atomic E-state index is 0.0319. The molecule has 4 saturated heterocycles. The number of alkyl halides is 2. The Morgan fingerprint density at radius 3 is 2.73 bits per heavy atom. The molecular formula is C44H49F2N11O5. The summed E-state index contributed by atoms with van der Waals surface area (Å²) >= 11 is 0. The van der Waals surface area contributed by atoms with E-state index in [4.69, 9.17) is 24.1 Å². The van der Waals surface area contributed by atoms with Crippen LogP contribution in [-0.4, -0.2) is 114 Å². The number of ether oxygens (including phenoxy) is 2. The first-order valence-electron chi connectivity index (χ1n) is 24.4. The van der Waals surface area contributed by atoms with Crippen LogP contribution < -0.4 is 15.5 Å². The number of hydrogen-bond donors (Lipinski definition) is 2. The highest BCUT2D eigenvalue weighted by molar-refractivity contribution is 6.08. The molecule has 4 aromatic heterocycles. The van der Waals surface area contributed by atoms with Crippen LogP contribution in [0.3, 0.4) is 0 Å². The van der Waals surface area contributed by atoms with Gasteiger partial charge in [-0.2, -0.15) is 15.3 Å². The van der Waals surface area contributed by atoms with Gasteiger partial charge in [0, 0.05) is 62.8 Å². The number of carbonyl (C=O) groups excluding carboxylic acids is 3. The number of imide groups is 1. The number of nitrogens with zero attached hydrogens (tertiary/aromatic N) is 9. The van der Waals surface area contributed by atoms with Crippen LogP contribution >= 0.6 is 0 Å². The molecule has 4 aliphatic heterocycles. The van der Waals surface area contributed by atoms with Gasteiger partial charge in [0.05, 0.1) is 69.6 Å². The van der Waals surface area contributed by atoms with Crippen LogP contribution in [0, 0.1) is 17.8 Å². The third kappa shape index (κ3) is 7.93. The van der Waals surface area contributed by atoms with Crippen molar-refractivity contribution in [3.05, 3.63) is 65.4 Å². The van der Waals surface area contributed by atoms with Gasteiger partial charge in [-0.3, -0.25) is 29.1 Å². The smallest absolute Gasteiger partial charge is 0.284 e. The van der Waals surface area contributed by atoms with E-state index in [1.54, 1.807) is 31.4 Å². The summed E-state index contributed by atoms with van der Waals surface area (Å²) < 4.78 is 106. The van der Waals surface area contributed by atoms with Gasteiger partial charge in [-0.25, -0.2) is 18.3 Å². The lowest BCUT2D eigenvalue weighted by Crippen LogP contribution is -2.40. The minimum Gasteiger partial charge on any atom is -0.374 e. The zero-order chi connectivity index (χ0) is 48.8. The van der Waals surface area contributed by atoms with Gasteiger partial charge in [-0.1, -0.05) is 24.0 Å². The summed E-state index contributed by atoms with van der Waals surface area (Å²) in [6.07, 6.45) is 0.967. The molecular weight excluding hydrogens is 801 g/mol. The molecule has 5 aromatic rings. The van der Waals surface area contributed by atoms with Gasteiger partial charge in [-0.15, -0.1) is 0 Å². The van der Waals surface area contributed by atoms with Crippen molar-refractivity contribution in [3.8, 4) is 11.8 Å². The van der Waals surface area contributed by atoms with Gasteiger partial charge >= 0.3 is 0 Å². The van der Waals surface area contributed by atoms with E-state index in [2.05, 4.69) is 42.7 Å². The van der Waals surface area contributed by atoms with Gasteiger partial charge in [0.15, 0.2) is 11.3 Å². The summed E-state index contributed by atoms with van der Waals surface area (Å²) in [5.41, 5.74) is 0.905. The number of amides is 3. The highest BCUT2D eigenvalue weighted by Gasteiger charge is 2.40. The third-order valence-electron chi connectivity index (χ3n) is 12.5. The van der Waals surface area contributed by atoms with Crippen LogP contribution in [0.4, 0.5) is 20.3 Å². The number of likely N-dealkylation sites (tertiary alicyclic amines) is 1. The Labute approximate surface area is 366 Å². The second-order valence-electron chi connectivity index (χ2n) is 16.4. The zero-order valence-electron chi connectivity index (χ0n) is 40.8. The lowest BCUT2D eigenvalue weighted by atomic mass is 9.85. The number of halogens is 2. The number of nitrogens with one attached hydrogen (secondary N) is 2. The molecule has 5 aliphatic rings. The normalized spacial score (nSPS) is 28.6. The quantitative estimate of drug-likeness (QED) is 0.147. The maximum absolute atomic E-state index is 14.4. The van der Waals surface area contributed by atoms with Crippen LogP contribution in [0.5, 0.6) is 0 Å². The Balaban J connectivity index is 0.775. The van der Waals surface area contributed by atoms with Crippen molar-refractivity contribution >= 4 is 45.8 Å². The third-order valence-corrected chi connectivity index (χ3v) is 12.5. The van der Waals surface area contributed by atoms with E-state index in [1.807, 2.05) is 6.07 Å². The average molecular weight is 857 g/mol. The molecule has 1 aromatic carbocycles. The second kappa shape index (κ2) is 16.8. The summed E-state index contributed by atoms with van der Waals surface area (Å²) in [5, 5.41) is 18.5. The molecule has 0 radical (unpaired) electrons. The molecule has 3 atom stereocenters. The number of aryl methyl sites for hydroxylation is 1. The number of piperidine rings is 2. The second-order valence-corrected chi connectivity index (χ2v) is 16.4. The molecule has 1 saturated carbocycles. The average Bonchev–Trinajstić information content (AvgIpc) is 4.13. The summed E-state index contributed by atoms with van der Waals surface area (Å²) in [6, 6.07) is 6.70. The molecule has 62 heavy (non-hydrogen) atoms. The van der Waals surface area contributed by atoms with Crippen molar-refractivity contribution < 1.29 is 42.2 Å². The predicted octanol–water partition coefficient (Wildman–Crippen LogP) is 4.76. The first-order valence-corrected chi connectivity index (χ1v) is 20.9. The number of para-hydroxylation sites is 1. The molecule has 0 spiro atoms. The van der Waals surface area contributed by atoms with Gasteiger partial charge in [0.1, 0.15) is 17.9 Å². The van der Waals surface area contributed by atoms with E-state index in [-0.39, 0.29) is 66.3 Å². The number of aromatic nitrogens is 7. The molecule has 8 heterocycles. The summed E-state index contributed by atoms with van der Waals surface area (Å²) in [7, 11) is 1.65. The SMILES string of the molecule is [2H]C([2H])(C#Cc1cccc2c(C3CCC(=O)NC3=O)nn(C)c12)OC1([2H])CC([2H])([2H])N(CC2CCC(n3cc(NC(=O)c4cnn5ccc(N6C[C@@H]7C[C@H]6CO7)nc45)c(C(F)F)n3)CC2)C([2H])([2H])C1. The van der Waals surface area contributed by atoms with Crippen LogP contribution in [0.2, 0.25) is 0 Å². The van der Waals surface area contributed by atoms with E-state index in [9.17, 15) is 23.2 Å². The fraction of sp³-hybridized carbons (Fsp3) is 0.523. The van der Waals surface area contributed by atoms with E-state index < -0.39 is 68.3 Å². The Bertz CT molecular complexity index is 2910. The fourth-order valence-corrected chi connectivity index (χ4v) is 9.30. The maximum Gasteiger partial charge on any atom is 0.284 e. The topological polar surface area (TPSA) is 166 Å². The van der Waals surface area contributed by atoms with Crippen LogP contribution in [0.15, 0.2) is 42.9 Å². The Morgan fingerprint density at radius 1 is 1.13 bits per heavy atom. The summed E-state index contributed by atoms with van der Waals surface area (Å²) in [4.78, 5) is 45.9. The Morgan fingerprint density at radius 2 is 1.97 bits per heavy atom. The Hall–Kier alpha value is -5.77. The Kier molecular flexibility index (Phi) is 8.93. The zero-order valence-corrected chi connectivity index (χ0v) is 33.8. The number of fused-ring (bicyclic) bond motifs is 4. The van der Waals surface area contributed by atoms with Crippen LogP contribution in [0.1, 0.15) is 113 Å². The van der Waals surface area contributed by atoms with Crippen LogP contribution in [-0.2, 0) is 26.1 Å². The number of morpholine rings is 1. The van der Waals surface area contributed by atoms with Crippen molar-refractivity contribution in [2.45, 2.75) is 94.4 Å². The number of hydrogen-bond acceptors (Lipinski definition) is 11. The van der Waals surface area contributed by atoms with E-state index in [0.717, 1.165) is 11.3 Å². The number of benzene rings is 1. The van der Waals surface area contributed by atoms with Crippen molar-refractivity contribution in [2.75, 3.05) is 49.5 Å². The fourth-order valence-electron chi connectivity index (χ4n) is 9.30. The van der Waals surface area contributed by atoms with Crippen molar-refractivity contribution in [3.63, 3.8) is 0 Å². The molecule has 1 aliphatic carbocycles. The molecule has 2 N–H and O–H groups in total. The molecule has 324 valence electrons. The van der Waals surface area contributed by atoms with Crippen molar-refractivity contribution in [2.24, 2.45) is 13.0 Å². The summed E-state index contributed by atoms with van der Waals surface area (Å²) in [6.45, 7) is -6.47. The van der Waals surface area contributed by atoms with E-state index >= 15 is 0 Å². The van der Waals surface area contributed by atoms with Gasteiger partial charge in [0.25, 0.3) is 12.3 Å². The molecule has 2 bridgehead atoms. The highest BCUT2D eigenvalue weighted by Crippen LogP contribution is 2.37. The lowest BCUT2D eigenvalue weighted by molar-refractivity contribution is -0.134. The molecule has 18 heteroatoms. The predicted molar refractivity (Wildman–Crippen MR) is 223 cm³/mol. The molecule has 16 nitrogen and oxygen atoms in total. The van der Waals surface area contributed by atoms with Gasteiger partial charge in [-0.05, 0) is 69.4 Å². The molecule has 5 fully saturated rings. The minimum atomic E-state index is -3.00. The molecule has 1 unspecified atom stereocenters. The first-order chi connectivity index (χ1) is 32.7. The lowest BCUT2D eigenvalue weighted by Gasteiger charge is -2.36.